The zero-order chi connectivity index (χ0) is 19.2. The topological polar surface area (TPSA) is 86.7 Å². The van der Waals surface area contributed by atoms with Crippen LogP contribution in [-0.2, 0) is 20.4 Å². The predicted molar refractivity (Wildman–Crippen MR) is 102 cm³/mol. The lowest BCUT2D eigenvalue weighted by atomic mass is 9.79. The van der Waals surface area contributed by atoms with Crippen molar-refractivity contribution >= 4 is 15.9 Å². The Hall–Kier alpha value is -1.44. The molecule has 4 rings (SSSR count). The van der Waals surface area contributed by atoms with E-state index in [4.69, 9.17) is 0 Å². The predicted octanol–water partition coefficient (Wildman–Crippen LogP) is 1.32. The van der Waals surface area contributed by atoms with Gasteiger partial charge in [0.25, 0.3) is 5.91 Å². The van der Waals surface area contributed by atoms with Gasteiger partial charge >= 0.3 is 0 Å². The van der Waals surface area contributed by atoms with Crippen LogP contribution in [0, 0.1) is 23.7 Å². The van der Waals surface area contributed by atoms with Crippen molar-refractivity contribution in [3.8, 4) is 0 Å². The Balaban J connectivity index is 1.41. The highest BCUT2D eigenvalue weighted by molar-refractivity contribution is 7.88. The third-order valence-corrected chi connectivity index (χ3v) is 8.05. The van der Waals surface area contributed by atoms with E-state index in [0.29, 0.717) is 43.0 Å². The quantitative estimate of drug-likeness (QED) is 0.764. The number of carbonyl (C=O) groups is 1. The molecule has 2 saturated carbocycles. The summed E-state index contributed by atoms with van der Waals surface area (Å²) in [6.45, 7) is 1.61. The average Bonchev–Trinajstić information content (AvgIpc) is 3.08. The third kappa shape index (κ3) is 3.41. The second-order valence-electron chi connectivity index (χ2n) is 8.40. The molecule has 6 nitrogen and oxygen atoms in total. The van der Waals surface area contributed by atoms with Gasteiger partial charge in [-0.15, -0.1) is 0 Å². The lowest BCUT2D eigenvalue weighted by Crippen LogP contribution is -2.49. The fraction of sp³-hybridized carbons (Fsp3) is 0.650. The van der Waals surface area contributed by atoms with Gasteiger partial charge in [-0.05, 0) is 36.2 Å². The fourth-order valence-corrected chi connectivity index (χ4v) is 6.00. The number of hydrogen-bond acceptors (Lipinski definition) is 4. The molecule has 2 N–H and O–H groups in total. The molecule has 0 aromatic heterocycles. The minimum atomic E-state index is -3.12. The second kappa shape index (κ2) is 6.87. The van der Waals surface area contributed by atoms with Gasteiger partial charge < -0.3 is 10.4 Å². The van der Waals surface area contributed by atoms with E-state index in [1.165, 1.54) is 10.6 Å². The zero-order valence-corrected chi connectivity index (χ0v) is 16.5. The van der Waals surface area contributed by atoms with Gasteiger partial charge in [-0.25, -0.2) is 12.7 Å². The molecule has 1 unspecified atom stereocenters. The van der Waals surface area contributed by atoms with Crippen LogP contribution in [0.15, 0.2) is 30.3 Å². The molecule has 1 heterocycles. The number of piperidine rings is 1. The second-order valence-corrected chi connectivity index (χ2v) is 10.4. The largest absolute Gasteiger partial charge is 0.375 e. The molecule has 4 atom stereocenters. The number of sulfonamides is 1. The minimum absolute atomic E-state index is 0.0562. The number of amides is 1. The maximum Gasteiger partial charge on any atom is 0.256 e. The van der Waals surface area contributed by atoms with Crippen LogP contribution in [0.5, 0.6) is 0 Å². The first-order chi connectivity index (χ1) is 12.8. The summed E-state index contributed by atoms with van der Waals surface area (Å²) in [4.78, 5) is 13.1. The van der Waals surface area contributed by atoms with Crippen molar-refractivity contribution < 1.29 is 18.3 Å². The Kier molecular flexibility index (Phi) is 4.81. The van der Waals surface area contributed by atoms with Crippen molar-refractivity contribution in [2.75, 3.05) is 25.9 Å². The SMILES string of the molecule is CS(=O)(=O)N1C[C@@H]2[C@@H](CNC(=O)C(O)(c3ccccc3)C3CCCC3)[C@@H]2C1. The molecule has 0 radical (unpaired) electrons. The van der Waals surface area contributed by atoms with Gasteiger partial charge in [-0.3, -0.25) is 4.79 Å². The molecule has 27 heavy (non-hydrogen) atoms. The van der Waals surface area contributed by atoms with Crippen LogP contribution in [-0.4, -0.2) is 49.6 Å². The van der Waals surface area contributed by atoms with E-state index >= 15 is 0 Å². The summed E-state index contributed by atoms with van der Waals surface area (Å²) in [6.07, 6.45) is 5.05. The van der Waals surface area contributed by atoms with Crippen molar-refractivity contribution in [3.63, 3.8) is 0 Å². The number of aliphatic hydroxyl groups is 1. The molecule has 1 aromatic rings. The van der Waals surface area contributed by atoms with Gasteiger partial charge in [0.15, 0.2) is 5.60 Å². The van der Waals surface area contributed by atoms with Gasteiger partial charge in [0.1, 0.15) is 0 Å². The highest BCUT2D eigenvalue weighted by atomic mass is 32.2. The van der Waals surface area contributed by atoms with Crippen LogP contribution >= 0.6 is 0 Å². The third-order valence-electron chi connectivity index (χ3n) is 6.81. The first kappa shape index (κ1) is 18.9. The lowest BCUT2D eigenvalue weighted by Gasteiger charge is -2.33. The van der Waals surface area contributed by atoms with Crippen LogP contribution in [0.2, 0.25) is 0 Å². The number of nitrogens with zero attached hydrogens (tertiary/aromatic N) is 1. The van der Waals surface area contributed by atoms with E-state index in [1.54, 1.807) is 0 Å². The first-order valence-electron chi connectivity index (χ1n) is 9.83. The zero-order valence-electron chi connectivity index (χ0n) is 15.7. The van der Waals surface area contributed by atoms with Crippen LogP contribution in [0.3, 0.4) is 0 Å². The summed E-state index contributed by atoms with van der Waals surface area (Å²) in [5, 5.41) is 14.4. The Morgan fingerprint density at radius 3 is 2.33 bits per heavy atom. The lowest BCUT2D eigenvalue weighted by molar-refractivity contribution is -0.147. The Morgan fingerprint density at radius 1 is 1.19 bits per heavy atom. The normalized spacial score (nSPS) is 30.7. The molecule has 1 aromatic carbocycles. The summed E-state index contributed by atoms with van der Waals surface area (Å²) < 4.78 is 24.8. The van der Waals surface area contributed by atoms with Crippen LogP contribution in [0.25, 0.3) is 0 Å². The number of fused-ring (bicyclic) bond motifs is 1. The summed E-state index contributed by atoms with van der Waals surface area (Å²) in [5.41, 5.74) is -0.825. The average molecular weight is 393 g/mol. The molecular weight excluding hydrogens is 364 g/mol. The number of hydrogen-bond donors (Lipinski definition) is 2. The molecule has 1 aliphatic heterocycles. The van der Waals surface area contributed by atoms with Crippen LogP contribution < -0.4 is 5.32 Å². The smallest absolute Gasteiger partial charge is 0.256 e. The maximum absolute atomic E-state index is 13.1. The van der Waals surface area contributed by atoms with Gasteiger partial charge in [-0.2, -0.15) is 0 Å². The molecular formula is C20H28N2O4S. The van der Waals surface area contributed by atoms with E-state index in [2.05, 4.69) is 5.32 Å². The van der Waals surface area contributed by atoms with Crippen molar-refractivity contribution in [3.05, 3.63) is 35.9 Å². The summed E-state index contributed by atoms with van der Waals surface area (Å²) in [6, 6.07) is 9.25. The number of benzene rings is 1. The molecule has 0 bridgehead atoms. The number of nitrogens with one attached hydrogen (secondary N) is 1. The Labute approximate surface area is 161 Å². The van der Waals surface area contributed by atoms with Crippen LogP contribution in [0.1, 0.15) is 31.2 Å². The summed E-state index contributed by atoms with van der Waals surface area (Å²) in [5.74, 6) is 0.605. The monoisotopic (exact) mass is 392 g/mol. The van der Waals surface area contributed by atoms with Gasteiger partial charge in [0, 0.05) is 25.6 Å². The first-order valence-corrected chi connectivity index (χ1v) is 11.7. The van der Waals surface area contributed by atoms with Crippen molar-refractivity contribution in [2.45, 2.75) is 31.3 Å². The van der Waals surface area contributed by atoms with Gasteiger partial charge in [0.2, 0.25) is 10.0 Å². The summed E-state index contributed by atoms with van der Waals surface area (Å²) in [7, 11) is -3.12. The van der Waals surface area contributed by atoms with E-state index in [9.17, 15) is 18.3 Å². The molecule has 1 saturated heterocycles. The standard InChI is InChI=1S/C20H28N2O4S/c1-27(25,26)22-12-17-16(18(17)13-22)11-21-19(23)20(24,15-9-5-6-10-15)14-7-3-2-4-8-14/h2-4,7-8,15-18,24H,5-6,9-13H2,1H3,(H,21,23)/t16-,17-,18+,20?. The molecule has 2 aliphatic carbocycles. The Morgan fingerprint density at radius 2 is 1.78 bits per heavy atom. The molecule has 1 amide bonds. The van der Waals surface area contributed by atoms with E-state index in [0.717, 1.165) is 25.7 Å². The fourth-order valence-electron chi connectivity index (χ4n) is 5.12. The molecule has 0 spiro atoms. The highest BCUT2D eigenvalue weighted by Crippen LogP contribution is 2.52. The van der Waals surface area contributed by atoms with Gasteiger partial charge in [-0.1, -0.05) is 43.2 Å². The van der Waals surface area contributed by atoms with E-state index < -0.39 is 15.6 Å². The van der Waals surface area contributed by atoms with Crippen molar-refractivity contribution in [1.82, 2.24) is 9.62 Å². The van der Waals surface area contributed by atoms with Gasteiger partial charge in [0.05, 0.1) is 6.26 Å². The summed E-state index contributed by atoms with van der Waals surface area (Å²) >= 11 is 0. The van der Waals surface area contributed by atoms with E-state index in [1.807, 2.05) is 30.3 Å². The minimum Gasteiger partial charge on any atom is -0.375 e. The number of carbonyl (C=O) groups excluding carboxylic acids is 1. The van der Waals surface area contributed by atoms with Crippen LogP contribution in [0.4, 0.5) is 0 Å². The Bertz CT molecular complexity index is 795. The number of rotatable bonds is 6. The highest BCUT2D eigenvalue weighted by Gasteiger charge is 2.57. The van der Waals surface area contributed by atoms with Crippen molar-refractivity contribution in [1.29, 1.82) is 0 Å². The molecule has 148 valence electrons. The maximum atomic E-state index is 13.1. The molecule has 3 fully saturated rings. The molecule has 7 heteroatoms. The van der Waals surface area contributed by atoms with Crippen molar-refractivity contribution in [2.24, 2.45) is 23.7 Å². The molecule has 3 aliphatic rings. The van der Waals surface area contributed by atoms with E-state index in [-0.39, 0.29) is 11.8 Å².